The number of halogens is 3. The first-order valence-electron chi connectivity index (χ1n) is 11.4. The number of esters is 1. The molecule has 182 valence electrons. The number of carbonyl (C=O) groups is 1. The fourth-order valence-corrected chi connectivity index (χ4v) is 4.73. The number of benzene rings is 3. The van der Waals surface area contributed by atoms with Gasteiger partial charge in [0.05, 0.1) is 24.8 Å². The van der Waals surface area contributed by atoms with E-state index in [-0.39, 0.29) is 11.4 Å². The average Bonchev–Trinajstić information content (AvgIpc) is 3.32. The van der Waals surface area contributed by atoms with E-state index in [0.717, 1.165) is 52.8 Å². The molecule has 0 radical (unpaired) electrons. The molecule has 0 spiro atoms. The molecule has 1 aliphatic rings. The number of alkyl halides is 3. The van der Waals surface area contributed by atoms with Crippen LogP contribution < -0.4 is 4.74 Å². The molecular weight excluding hydrogens is 453 g/mol. The Morgan fingerprint density at radius 3 is 2.00 bits per heavy atom. The van der Waals surface area contributed by atoms with Crippen molar-refractivity contribution in [3.8, 4) is 16.9 Å². The zero-order chi connectivity index (χ0) is 25.2. The third kappa shape index (κ3) is 5.11. The zero-order valence-electron chi connectivity index (χ0n) is 19.9. The van der Waals surface area contributed by atoms with E-state index in [0.29, 0.717) is 17.9 Å². The van der Waals surface area contributed by atoms with Gasteiger partial charge in [0.1, 0.15) is 5.75 Å². The molecule has 0 bridgehead atoms. The van der Waals surface area contributed by atoms with Crippen LogP contribution in [0.1, 0.15) is 45.5 Å². The summed E-state index contributed by atoms with van der Waals surface area (Å²) >= 11 is 0. The predicted molar refractivity (Wildman–Crippen MR) is 130 cm³/mol. The molecule has 0 saturated heterocycles. The maximum Gasteiger partial charge on any atom is 0.416 e. The SMILES string of the molecule is COC(=O)c1ccc(C2(COc3cc(C)c(-c4ccc(C(F)(F)F)cc4)c(C)c3)CC=CC2)cc1. The van der Waals surface area contributed by atoms with Crippen LogP contribution >= 0.6 is 0 Å². The Balaban J connectivity index is 1.54. The van der Waals surface area contributed by atoms with E-state index in [1.807, 2.05) is 38.1 Å². The second-order valence-corrected chi connectivity index (χ2v) is 9.02. The van der Waals surface area contributed by atoms with Crippen LogP contribution in [-0.4, -0.2) is 19.7 Å². The van der Waals surface area contributed by atoms with Crippen molar-refractivity contribution in [2.45, 2.75) is 38.3 Å². The highest BCUT2D eigenvalue weighted by molar-refractivity contribution is 5.89. The van der Waals surface area contributed by atoms with Crippen LogP contribution in [0.5, 0.6) is 5.75 Å². The number of hydrogen-bond acceptors (Lipinski definition) is 3. The molecule has 0 fully saturated rings. The number of allylic oxidation sites excluding steroid dienone is 2. The minimum atomic E-state index is -4.36. The largest absolute Gasteiger partial charge is 0.493 e. The Kier molecular flexibility index (Phi) is 6.75. The molecule has 1 aliphatic carbocycles. The fourth-order valence-electron chi connectivity index (χ4n) is 4.73. The lowest BCUT2D eigenvalue weighted by Crippen LogP contribution is -2.30. The second kappa shape index (κ2) is 9.61. The van der Waals surface area contributed by atoms with Gasteiger partial charge in [-0.25, -0.2) is 4.79 Å². The van der Waals surface area contributed by atoms with Gasteiger partial charge >= 0.3 is 12.1 Å². The van der Waals surface area contributed by atoms with Gasteiger partial charge in [0.2, 0.25) is 0 Å². The third-order valence-electron chi connectivity index (χ3n) is 6.62. The minimum Gasteiger partial charge on any atom is -0.493 e. The van der Waals surface area contributed by atoms with E-state index < -0.39 is 11.7 Å². The molecular formula is C29H27F3O3. The van der Waals surface area contributed by atoms with Crippen molar-refractivity contribution in [3.63, 3.8) is 0 Å². The Labute approximate surface area is 203 Å². The summed E-state index contributed by atoms with van der Waals surface area (Å²) in [6, 6.07) is 16.5. The fraction of sp³-hybridized carbons (Fsp3) is 0.276. The van der Waals surface area contributed by atoms with E-state index >= 15 is 0 Å². The summed E-state index contributed by atoms with van der Waals surface area (Å²) in [5.74, 6) is 0.346. The molecule has 0 aromatic heterocycles. The van der Waals surface area contributed by atoms with Crippen molar-refractivity contribution in [2.75, 3.05) is 13.7 Å². The van der Waals surface area contributed by atoms with Crippen molar-refractivity contribution < 1.29 is 27.4 Å². The third-order valence-corrected chi connectivity index (χ3v) is 6.62. The van der Waals surface area contributed by atoms with Gasteiger partial charge in [0.15, 0.2) is 0 Å². The zero-order valence-corrected chi connectivity index (χ0v) is 19.9. The second-order valence-electron chi connectivity index (χ2n) is 9.02. The van der Waals surface area contributed by atoms with Gasteiger partial charge in [-0.3, -0.25) is 0 Å². The molecule has 3 aromatic rings. The summed E-state index contributed by atoms with van der Waals surface area (Å²) < 4.78 is 49.9. The maximum atomic E-state index is 12.9. The van der Waals surface area contributed by atoms with E-state index in [9.17, 15) is 18.0 Å². The van der Waals surface area contributed by atoms with E-state index in [1.54, 1.807) is 12.1 Å². The Morgan fingerprint density at radius 2 is 1.49 bits per heavy atom. The van der Waals surface area contributed by atoms with Gasteiger partial charge in [-0.2, -0.15) is 13.2 Å². The molecule has 0 amide bonds. The van der Waals surface area contributed by atoms with Gasteiger partial charge < -0.3 is 9.47 Å². The number of ether oxygens (including phenoxy) is 2. The van der Waals surface area contributed by atoms with Crippen molar-refractivity contribution in [3.05, 3.63) is 101 Å². The molecule has 4 rings (SSSR count). The lowest BCUT2D eigenvalue weighted by molar-refractivity contribution is -0.137. The minimum absolute atomic E-state index is 0.234. The molecule has 0 aliphatic heterocycles. The van der Waals surface area contributed by atoms with Crippen LogP contribution in [0.15, 0.2) is 72.8 Å². The molecule has 35 heavy (non-hydrogen) atoms. The summed E-state index contributed by atoms with van der Waals surface area (Å²) in [6.45, 7) is 4.33. The van der Waals surface area contributed by atoms with Crippen LogP contribution in [0.4, 0.5) is 13.2 Å². The van der Waals surface area contributed by atoms with Crippen molar-refractivity contribution in [2.24, 2.45) is 0 Å². The topological polar surface area (TPSA) is 35.5 Å². The summed E-state index contributed by atoms with van der Waals surface area (Å²) in [4.78, 5) is 11.8. The van der Waals surface area contributed by atoms with Crippen LogP contribution in [0.25, 0.3) is 11.1 Å². The van der Waals surface area contributed by atoms with E-state index in [2.05, 4.69) is 12.2 Å². The lowest BCUT2D eigenvalue weighted by atomic mass is 9.78. The first-order chi connectivity index (χ1) is 16.6. The van der Waals surface area contributed by atoms with Gasteiger partial charge in [-0.05, 0) is 90.9 Å². The van der Waals surface area contributed by atoms with Gasteiger partial charge in [0, 0.05) is 5.41 Å². The quantitative estimate of drug-likeness (QED) is 0.272. The van der Waals surface area contributed by atoms with Crippen LogP contribution in [0.2, 0.25) is 0 Å². The summed E-state index contributed by atoms with van der Waals surface area (Å²) in [7, 11) is 1.36. The monoisotopic (exact) mass is 480 g/mol. The van der Waals surface area contributed by atoms with Crippen LogP contribution in [-0.2, 0) is 16.3 Å². The molecule has 0 unspecified atom stereocenters. The number of carbonyl (C=O) groups excluding carboxylic acids is 1. The number of aryl methyl sites for hydroxylation is 2. The summed E-state index contributed by atoms with van der Waals surface area (Å²) in [6.07, 6.45) is 1.58. The summed E-state index contributed by atoms with van der Waals surface area (Å²) in [5, 5.41) is 0. The lowest BCUT2D eigenvalue weighted by Gasteiger charge is -2.30. The van der Waals surface area contributed by atoms with E-state index in [4.69, 9.17) is 9.47 Å². The molecule has 0 atom stereocenters. The molecule has 3 aromatic carbocycles. The molecule has 0 N–H and O–H groups in total. The first-order valence-corrected chi connectivity index (χ1v) is 11.4. The number of hydrogen-bond donors (Lipinski definition) is 0. The molecule has 3 nitrogen and oxygen atoms in total. The number of rotatable bonds is 6. The predicted octanol–water partition coefficient (Wildman–Crippen LogP) is 7.44. The normalized spacial score (nSPS) is 14.7. The Morgan fingerprint density at radius 1 is 0.914 bits per heavy atom. The highest BCUT2D eigenvalue weighted by Crippen LogP contribution is 2.39. The van der Waals surface area contributed by atoms with Crippen LogP contribution in [0.3, 0.4) is 0 Å². The Hall–Kier alpha value is -3.54. The summed E-state index contributed by atoms with van der Waals surface area (Å²) in [5.41, 5.74) is 4.20. The van der Waals surface area contributed by atoms with Crippen molar-refractivity contribution >= 4 is 5.97 Å². The van der Waals surface area contributed by atoms with Gasteiger partial charge in [-0.15, -0.1) is 0 Å². The van der Waals surface area contributed by atoms with Gasteiger partial charge in [0.25, 0.3) is 0 Å². The van der Waals surface area contributed by atoms with E-state index in [1.165, 1.54) is 19.2 Å². The highest BCUT2D eigenvalue weighted by Gasteiger charge is 2.34. The average molecular weight is 481 g/mol. The smallest absolute Gasteiger partial charge is 0.416 e. The number of methoxy groups -OCH3 is 1. The molecule has 0 heterocycles. The van der Waals surface area contributed by atoms with Crippen molar-refractivity contribution in [1.82, 2.24) is 0 Å². The van der Waals surface area contributed by atoms with Crippen LogP contribution in [0, 0.1) is 13.8 Å². The first kappa shape index (κ1) is 24.6. The standard InChI is InChI=1S/C29H27F3O3/c1-19-16-25(17-20(2)26(19)21-6-12-24(13-7-21)29(30,31)32)35-18-28(14-4-5-15-28)23-10-8-22(9-11-23)27(33)34-3/h4-13,16-17H,14-15,18H2,1-3H3. The molecule has 0 saturated carbocycles. The Bertz CT molecular complexity index is 1210. The van der Waals surface area contributed by atoms with Gasteiger partial charge in [-0.1, -0.05) is 36.4 Å². The molecule has 6 heteroatoms. The maximum absolute atomic E-state index is 12.9. The van der Waals surface area contributed by atoms with Crippen molar-refractivity contribution in [1.29, 1.82) is 0 Å². The highest BCUT2D eigenvalue weighted by atomic mass is 19.4.